The van der Waals surface area contributed by atoms with Crippen LogP contribution >= 0.6 is 0 Å². The van der Waals surface area contributed by atoms with E-state index in [1.165, 1.54) is 5.56 Å². The molecule has 0 fully saturated rings. The Morgan fingerprint density at radius 1 is 0.972 bits per heavy atom. The van der Waals surface area contributed by atoms with Gasteiger partial charge in [-0.15, -0.1) is 0 Å². The third-order valence-electron chi connectivity index (χ3n) is 6.83. The number of nitrogens with zero attached hydrogens (tertiary/aromatic N) is 3. The largest absolute Gasteiger partial charge is 0.350 e. The van der Waals surface area contributed by atoms with E-state index >= 15 is 0 Å². The van der Waals surface area contributed by atoms with Gasteiger partial charge in [-0.05, 0) is 42.2 Å². The van der Waals surface area contributed by atoms with Crippen molar-refractivity contribution >= 4 is 17.5 Å². The van der Waals surface area contributed by atoms with E-state index in [2.05, 4.69) is 19.2 Å². The molecule has 0 radical (unpaired) electrons. The summed E-state index contributed by atoms with van der Waals surface area (Å²) in [6, 6.07) is 29.2. The van der Waals surface area contributed by atoms with Crippen molar-refractivity contribution in [3.8, 4) is 11.3 Å². The van der Waals surface area contributed by atoms with Crippen LogP contribution < -0.4 is 10.2 Å². The Kier molecular flexibility index (Phi) is 6.18. The van der Waals surface area contributed by atoms with Crippen LogP contribution in [-0.4, -0.2) is 27.1 Å². The zero-order valence-electron chi connectivity index (χ0n) is 20.8. The first-order chi connectivity index (χ1) is 17.4. The SMILES string of the molecule is CC(C)c1ccc(N2C(=O)c3cc(-c4ccccc4)nn3CC2(C)C(=O)NCc2ccccc2)cc1. The minimum Gasteiger partial charge on any atom is -0.350 e. The van der Waals surface area contributed by atoms with Crippen LogP contribution in [0.4, 0.5) is 5.69 Å². The van der Waals surface area contributed by atoms with Crippen molar-refractivity contribution < 1.29 is 9.59 Å². The molecule has 0 bridgehead atoms. The Morgan fingerprint density at radius 2 is 1.61 bits per heavy atom. The highest BCUT2D eigenvalue weighted by Crippen LogP contribution is 2.35. The quantitative estimate of drug-likeness (QED) is 0.403. The van der Waals surface area contributed by atoms with Gasteiger partial charge in [0.15, 0.2) is 0 Å². The molecule has 1 aliphatic rings. The van der Waals surface area contributed by atoms with Crippen molar-refractivity contribution in [1.82, 2.24) is 15.1 Å². The normalized spacial score (nSPS) is 17.2. The number of carbonyl (C=O) groups is 2. The maximum absolute atomic E-state index is 14.0. The molecule has 0 saturated heterocycles. The van der Waals surface area contributed by atoms with E-state index in [9.17, 15) is 9.59 Å². The topological polar surface area (TPSA) is 67.2 Å². The Morgan fingerprint density at radius 3 is 2.25 bits per heavy atom. The number of benzene rings is 3. The number of carbonyl (C=O) groups excluding carboxylic acids is 2. The fourth-order valence-electron chi connectivity index (χ4n) is 4.71. The summed E-state index contributed by atoms with van der Waals surface area (Å²) in [4.78, 5) is 29.3. The minimum atomic E-state index is -1.17. The number of rotatable bonds is 6. The highest BCUT2D eigenvalue weighted by molar-refractivity contribution is 6.12. The van der Waals surface area contributed by atoms with Crippen LogP contribution in [0.2, 0.25) is 0 Å². The Labute approximate surface area is 211 Å². The molecule has 3 aromatic carbocycles. The highest BCUT2D eigenvalue weighted by Gasteiger charge is 2.48. The molecule has 4 aromatic rings. The average Bonchev–Trinajstić information content (AvgIpc) is 3.33. The van der Waals surface area contributed by atoms with Gasteiger partial charge in [0.2, 0.25) is 5.91 Å². The summed E-state index contributed by atoms with van der Waals surface area (Å²) in [6.07, 6.45) is 0. The van der Waals surface area contributed by atoms with Crippen molar-refractivity contribution in [1.29, 1.82) is 0 Å². The summed E-state index contributed by atoms with van der Waals surface area (Å²) in [5.74, 6) is -0.104. The van der Waals surface area contributed by atoms with Gasteiger partial charge in [0, 0.05) is 17.8 Å². The molecule has 2 amide bonds. The Hall–Kier alpha value is -4.19. The molecule has 6 heteroatoms. The zero-order chi connectivity index (χ0) is 25.3. The second kappa shape index (κ2) is 9.46. The van der Waals surface area contributed by atoms with Gasteiger partial charge in [0.05, 0.1) is 12.2 Å². The van der Waals surface area contributed by atoms with Crippen LogP contribution in [-0.2, 0) is 17.9 Å². The number of hydrogen-bond donors (Lipinski definition) is 1. The molecule has 1 aromatic heterocycles. The fraction of sp³-hybridized carbons (Fsp3) is 0.233. The summed E-state index contributed by atoms with van der Waals surface area (Å²) in [7, 11) is 0. The molecular formula is C30H30N4O2. The predicted octanol–water partition coefficient (Wildman–Crippen LogP) is 5.41. The molecule has 182 valence electrons. The number of nitrogens with one attached hydrogen (secondary N) is 1. The molecule has 2 heterocycles. The first kappa shape index (κ1) is 23.5. The summed E-state index contributed by atoms with van der Waals surface area (Å²) < 4.78 is 1.67. The standard InChI is InChI=1S/C30H30N4O2/c1-21(2)23-14-16-25(17-15-23)34-28(35)27-18-26(24-12-8-5-9-13-24)32-33(27)20-30(34,3)29(36)31-19-22-10-6-4-7-11-22/h4-18,21H,19-20H2,1-3H3,(H,31,36). The smallest absolute Gasteiger partial charge is 0.277 e. The Balaban J connectivity index is 1.54. The van der Waals surface area contributed by atoms with Crippen molar-refractivity contribution in [2.24, 2.45) is 0 Å². The van der Waals surface area contributed by atoms with E-state index in [-0.39, 0.29) is 18.4 Å². The van der Waals surface area contributed by atoms with Crippen LogP contribution in [0.5, 0.6) is 0 Å². The van der Waals surface area contributed by atoms with E-state index in [0.717, 1.165) is 11.1 Å². The maximum atomic E-state index is 14.0. The van der Waals surface area contributed by atoms with E-state index in [1.54, 1.807) is 9.58 Å². The number of hydrogen-bond acceptors (Lipinski definition) is 3. The molecule has 6 nitrogen and oxygen atoms in total. The van der Waals surface area contributed by atoms with Gasteiger partial charge in [-0.25, -0.2) is 0 Å². The van der Waals surface area contributed by atoms with Gasteiger partial charge in [0.25, 0.3) is 5.91 Å². The third kappa shape index (κ3) is 4.31. The van der Waals surface area contributed by atoms with Crippen LogP contribution in [0.25, 0.3) is 11.3 Å². The van der Waals surface area contributed by atoms with Crippen molar-refractivity contribution in [3.63, 3.8) is 0 Å². The molecule has 5 rings (SSSR count). The third-order valence-corrected chi connectivity index (χ3v) is 6.83. The monoisotopic (exact) mass is 478 g/mol. The van der Waals surface area contributed by atoms with Crippen LogP contribution in [0.15, 0.2) is 91.0 Å². The first-order valence-corrected chi connectivity index (χ1v) is 12.3. The lowest BCUT2D eigenvalue weighted by Gasteiger charge is -2.43. The van der Waals surface area contributed by atoms with Crippen LogP contribution in [0.3, 0.4) is 0 Å². The minimum absolute atomic E-state index is 0.227. The van der Waals surface area contributed by atoms with Gasteiger partial charge in [-0.2, -0.15) is 5.10 Å². The van der Waals surface area contributed by atoms with E-state index < -0.39 is 5.54 Å². The maximum Gasteiger partial charge on any atom is 0.277 e. The van der Waals surface area contributed by atoms with E-state index in [4.69, 9.17) is 5.10 Å². The summed E-state index contributed by atoms with van der Waals surface area (Å²) in [5, 5.41) is 7.78. The molecule has 1 N–H and O–H groups in total. The van der Waals surface area contributed by atoms with Gasteiger partial charge in [0.1, 0.15) is 11.2 Å². The van der Waals surface area contributed by atoms with Gasteiger partial charge < -0.3 is 5.32 Å². The summed E-state index contributed by atoms with van der Waals surface area (Å²) in [5.41, 5.74) is 3.80. The van der Waals surface area contributed by atoms with Crippen molar-refractivity contribution in [3.05, 3.63) is 108 Å². The highest BCUT2D eigenvalue weighted by atomic mass is 16.2. The average molecular weight is 479 g/mol. The molecule has 1 aliphatic heterocycles. The van der Waals surface area contributed by atoms with Crippen LogP contribution in [0, 0.1) is 0 Å². The molecular weight excluding hydrogens is 448 g/mol. The zero-order valence-corrected chi connectivity index (χ0v) is 20.8. The van der Waals surface area contributed by atoms with E-state index in [0.29, 0.717) is 29.5 Å². The van der Waals surface area contributed by atoms with Crippen LogP contribution in [0.1, 0.15) is 48.3 Å². The van der Waals surface area contributed by atoms with Gasteiger partial charge >= 0.3 is 0 Å². The summed E-state index contributed by atoms with van der Waals surface area (Å²) in [6.45, 7) is 6.70. The molecule has 0 saturated carbocycles. The number of amides is 2. The lowest BCUT2D eigenvalue weighted by Crippen LogP contribution is -2.64. The van der Waals surface area contributed by atoms with Crippen molar-refractivity contribution in [2.75, 3.05) is 4.90 Å². The van der Waals surface area contributed by atoms with E-state index in [1.807, 2.05) is 97.9 Å². The second-order valence-corrected chi connectivity index (χ2v) is 9.77. The number of fused-ring (bicyclic) bond motifs is 1. The first-order valence-electron chi connectivity index (χ1n) is 12.3. The lowest BCUT2D eigenvalue weighted by atomic mass is 9.93. The van der Waals surface area contributed by atoms with Crippen molar-refractivity contribution in [2.45, 2.75) is 45.3 Å². The lowest BCUT2D eigenvalue weighted by molar-refractivity contribution is -0.126. The predicted molar refractivity (Wildman–Crippen MR) is 142 cm³/mol. The number of aromatic nitrogens is 2. The molecule has 0 aliphatic carbocycles. The fourth-order valence-corrected chi connectivity index (χ4v) is 4.71. The summed E-state index contributed by atoms with van der Waals surface area (Å²) >= 11 is 0. The second-order valence-electron chi connectivity index (χ2n) is 9.77. The molecule has 36 heavy (non-hydrogen) atoms. The molecule has 1 unspecified atom stereocenters. The molecule has 0 spiro atoms. The van der Waals surface area contributed by atoms with Gasteiger partial charge in [-0.1, -0.05) is 86.6 Å². The molecule has 1 atom stereocenters. The number of anilines is 1. The Bertz CT molecular complexity index is 1380. The van der Waals surface area contributed by atoms with Gasteiger partial charge in [-0.3, -0.25) is 19.2 Å².